The number of ether oxygens (including phenoxy) is 1. The molecule has 0 saturated heterocycles. The monoisotopic (exact) mass is 610 g/mol. The molecular weight excluding hydrogens is 571 g/mol. The van der Waals surface area contributed by atoms with Crippen molar-refractivity contribution in [3.63, 3.8) is 0 Å². The van der Waals surface area contributed by atoms with Crippen molar-refractivity contribution in [2.75, 3.05) is 13.2 Å². The number of rotatable bonds is 12. The average Bonchev–Trinajstić information content (AvgIpc) is 3.01. The van der Waals surface area contributed by atoms with Gasteiger partial charge in [-0.25, -0.2) is 0 Å². The molecule has 2 heterocycles. The lowest BCUT2D eigenvalue weighted by molar-refractivity contribution is 0.0927. The van der Waals surface area contributed by atoms with Crippen LogP contribution in [0.25, 0.3) is 10.8 Å². The number of carbonyl (C=O) groups is 1. The number of hydrogen-bond donors (Lipinski definition) is 2. The fraction of sp³-hybridized carbons (Fsp3) is 0.364. The zero-order chi connectivity index (χ0) is 27.6. The van der Waals surface area contributed by atoms with Gasteiger partial charge < -0.3 is 19.9 Å². The van der Waals surface area contributed by atoms with Crippen molar-refractivity contribution in [1.82, 2.24) is 20.2 Å². The molecule has 4 aromatic rings. The van der Waals surface area contributed by atoms with Crippen molar-refractivity contribution in [1.29, 1.82) is 0 Å². The van der Waals surface area contributed by atoms with Gasteiger partial charge in [0.2, 0.25) is 0 Å². The number of nitrogens with zero attached hydrogens (tertiary/aromatic N) is 2. The molecular formula is C33H40Cl2N4O3. The smallest absolute Gasteiger partial charge is 0.258 e. The van der Waals surface area contributed by atoms with E-state index in [0.717, 1.165) is 54.3 Å². The lowest BCUT2D eigenvalue weighted by atomic mass is 9.95. The maximum Gasteiger partial charge on any atom is 0.258 e. The molecule has 0 bridgehead atoms. The summed E-state index contributed by atoms with van der Waals surface area (Å²) in [5.74, 6) is 0.756. The quantitative estimate of drug-likeness (QED) is 0.179. The van der Waals surface area contributed by atoms with Crippen molar-refractivity contribution in [2.24, 2.45) is 0 Å². The normalized spacial score (nSPS) is 13.9. The summed E-state index contributed by atoms with van der Waals surface area (Å²) >= 11 is 0. The minimum Gasteiger partial charge on any atom is -0.494 e. The van der Waals surface area contributed by atoms with Crippen molar-refractivity contribution >= 4 is 41.5 Å². The van der Waals surface area contributed by atoms with Gasteiger partial charge in [0.25, 0.3) is 11.5 Å². The first-order valence-electron chi connectivity index (χ1n) is 14.4. The number of hydrogen-bond acceptors (Lipinski definition) is 5. The van der Waals surface area contributed by atoms with E-state index in [9.17, 15) is 9.59 Å². The van der Waals surface area contributed by atoms with Crippen molar-refractivity contribution in [2.45, 2.75) is 63.6 Å². The second kappa shape index (κ2) is 16.9. The summed E-state index contributed by atoms with van der Waals surface area (Å²) < 4.78 is 7.73. The first kappa shape index (κ1) is 33.1. The summed E-state index contributed by atoms with van der Waals surface area (Å²) in [5, 5.41) is 8.50. The number of nitrogens with one attached hydrogen (secondary N) is 2. The van der Waals surface area contributed by atoms with Crippen molar-refractivity contribution in [3.8, 4) is 5.75 Å². The molecule has 2 aromatic heterocycles. The van der Waals surface area contributed by atoms with E-state index < -0.39 is 0 Å². The second-order valence-corrected chi connectivity index (χ2v) is 10.5. The van der Waals surface area contributed by atoms with Gasteiger partial charge in [-0.15, -0.1) is 24.8 Å². The number of aryl methyl sites for hydroxylation is 1. The van der Waals surface area contributed by atoms with Crippen LogP contribution >= 0.6 is 24.8 Å². The zero-order valence-electron chi connectivity index (χ0n) is 23.7. The molecule has 0 radical (unpaired) electrons. The highest BCUT2D eigenvalue weighted by atomic mass is 35.5. The lowest BCUT2D eigenvalue weighted by Gasteiger charge is -2.22. The third-order valence-electron chi connectivity index (χ3n) is 7.69. The van der Waals surface area contributed by atoms with Gasteiger partial charge in [0.15, 0.2) is 0 Å². The number of halogens is 2. The molecule has 1 aliphatic rings. The van der Waals surface area contributed by atoms with Crippen molar-refractivity contribution < 1.29 is 9.53 Å². The van der Waals surface area contributed by atoms with E-state index in [2.05, 4.69) is 15.6 Å². The van der Waals surface area contributed by atoms with Crippen LogP contribution in [0.2, 0.25) is 0 Å². The molecule has 42 heavy (non-hydrogen) atoms. The standard InChI is InChI=1S/C33H38N4O3.2ClH/c38-32(36-28-8-2-1-3-9-28)27-11-13-29(14-12-27)40-24-6-19-35-31(26-15-20-34-21-16-26)18-23-37-22-17-25-7-4-5-10-30(25)33(37)39;;/h4-5,7,10-17,20-22,28,31,35H,1-3,6,8-9,18-19,23-24H2,(H,36,38);2*1H. The molecule has 2 aromatic carbocycles. The summed E-state index contributed by atoms with van der Waals surface area (Å²) in [5.41, 5.74) is 1.86. The predicted octanol–water partition coefficient (Wildman–Crippen LogP) is 6.49. The van der Waals surface area contributed by atoms with Crippen LogP contribution in [0, 0.1) is 0 Å². The molecule has 0 spiro atoms. The summed E-state index contributed by atoms with van der Waals surface area (Å²) in [4.78, 5) is 29.7. The highest BCUT2D eigenvalue weighted by Crippen LogP contribution is 2.20. The van der Waals surface area contributed by atoms with Gasteiger partial charge >= 0.3 is 0 Å². The van der Waals surface area contributed by atoms with E-state index in [-0.39, 0.29) is 42.3 Å². The highest BCUT2D eigenvalue weighted by molar-refractivity contribution is 5.94. The van der Waals surface area contributed by atoms with Crippen LogP contribution in [0.3, 0.4) is 0 Å². The Morgan fingerprint density at radius 2 is 1.69 bits per heavy atom. The minimum atomic E-state index is -0.00393. The maximum atomic E-state index is 13.0. The van der Waals surface area contributed by atoms with Gasteiger partial charge in [0.05, 0.1) is 6.61 Å². The summed E-state index contributed by atoms with van der Waals surface area (Å²) in [7, 11) is 0. The fourth-order valence-corrected chi connectivity index (χ4v) is 5.41. The Morgan fingerprint density at radius 1 is 0.952 bits per heavy atom. The third kappa shape index (κ3) is 9.05. The molecule has 1 unspecified atom stereocenters. The molecule has 9 heteroatoms. The van der Waals surface area contributed by atoms with Gasteiger partial charge in [-0.2, -0.15) is 0 Å². The molecule has 1 fully saturated rings. The molecule has 7 nitrogen and oxygen atoms in total. The zero-order valence-corrected chi connectivity index (χ0v) is 25.4. The number of carbonyl (C=O) groups excluding carboxylic acids is 1. The van der Waals surface area contributed by atoms with Crippen LogP contribution in [-0.4, -0.2) is 34.7 Å². The van der Waals surface area contributed by atoms with Crippen LogP contribution in [-0.2, 0) is 6.54 Å². The van der Waals surface area contributed by atoms with Crippen molar-refractivity contribution in [3.05, 3.63) is 107 Å². The Bertz CT molecular complexity index is 1440. The first-order valence-corrected chi connectivity index (χ1v) is 14.4. The number of benzene rings is 2. The first-order chi connectivity index (χ1) is 19.7. The van der Waals surface area contributed by atoms with E-state index in [4.69, 9.17) is 4.74 Å². The Kier molecular flexibility index (Phi) is 13.3. The fourth-order valence-electron chi connectivity index (χ4n) is 5.41. The lowest BCUT2D eigenvalue weighted by Crippen LogP contribution is -2.36. The molecule has 1 saturated carbocycles. The van der Waals surface area contributed by atoms with E-state index in [0.29, 0.717) is 24.8 Å². The SMILES string of the molecule is Cl.Cl.O=C(NC1CCCCC1)c1ccc(OCCCNC(CCn2ccc3ccccc3c2=O)c2ccncc2)cc1. The Morgan fingerprint density at radius 3 is 2.45 bits per heavy atom. The molecule has 2 N–H and O–H groups in total. The van der Waals surface area contributed by atoms with Gasteiger partial charge in [-0.1, -0.05) is 37.5 Å². The van der Waals surface area contributed by atoms with Crippen LogP contribution < -0.4 is 20.9 Å². The number of pyridine rings is 2. The van der Waals surface area contributed by atoms with E-state index in [1.54, 1.807) is 17.0 Å². The predicted molar refractivity (Wildman–Crippen MR) is 173 cm³/mol. The molecule has 1 amide bonds. The van der Waals surface area contributed by atoms with Gasteiger partial charge in [0.1, 0.15) is 5.75 Å². The van der Waals surface area contributed by atoms with Crippen LogP contribution in [0.15, 0.2) is 90.1 Å². The van der Waals surface area contributed by atoms with E-state index in [1.165, 1.54) is 19.3 Å². The maximum absolute atomic E-state index is 13.0. The largest absolute Gasteiger partial charge is 0.494 e. The van der Waals surface area contributed by atoms with Crippen LogP contribution in [0.1, 0.15) is 66.9 Å². The summed E-state index contributed by atoms with van der Waals surface area (Å²) in [6.07, 6.45) is 12.9. The summed E-state index contributed by atoms with van der Waals surface area (Å²) in [6.45, 7) is 1.94. The summed E-state index contributed by atoms with van der Waals surface area (Å²) in [6, 6.07) is 21.5. The second-order valence-electron chi connectivity index (χ2n) is 10.5. The molecule has 1 aliphatic carbocycles. The molecule has 1 atom stereocenters. The van der Waals surface area contributed by atoms with Crippen LogP contribution in [0.5, 0.6) is 5.75 Å². The minimum absolute atomic E-state index is 0. The van der Waals surface area contributed by atoms with E-state index in [1.807, 2.05) is 72.9 Å². The molecule has 0 aliphatic heterocycles. The number of amides is 1. The topological polar surface area (TPSA) is 85.2 Å². The molecule has 224 valence electrons. The third-order valence-corrected chi connectivity index (χ3v) is 7.69. The Hall–Kier alpha value is -3.39. The van der Waals surface area contributed by atoms with E-state index >= 15 is 0 Å². The Balaban J connectivity index is 0.00000242. The van der Waals surface area contributed by atoms with Crippen LogP contribution in [0.4, 0.5) is 0 Å². The average molecular weight is 612 g/mol. The number of aromatic nitrogens is 2. The van der Waals surface area contributed by atoms with Gasteiger partial charge in [-0.3, -0.25) is 14.6 Å². The number of fused-ring (bicyclic) bond motifs is 1. The highest BCUT2D eigenvalue weighted by Gasteiger charge is 2.17. The Labute approximate surface area is 259 Å². The molecule has 5 rings (SSSR count). The van der Waals surface area contributed by atoms with Gasteiger partial charge in [-0.05, 0) is 91.7 Å². The van der Waals surface area contributed by atoms with Gasteiger partial charge in [0, 0.05) is 48.2 Å².